The van der Waals surface area contributed by atoms with Crippen molar-refractivity contribution in [3.05, 3.63) is 82.9 Å². The Balaban J connectivity index is 1.70. The minimum Gasteiger partial charge on any atom is -0.443 e. The van der Waals surface area contributed by atoms with E-state index in [4.69, 9.17) is 10.5 Å². The molecule has 1 aromatic heterocycles. The number of nitrogens with two attached hydrogens (primary N) is 1. The molecule has 2 N–H and O–H groups in total. The molecule has 1 unspecified atom stereocenters. The van der Waals surface area contributed by atoms with Crippen LogP contribution in [0.3, 0.4) is 0 Å². The van der Waals surface area contributed by atoms with Crippen LogP contribution < -0.4 is 5.73 Å². The number of primary amides is 1. The third kappa shape index (κ3) is 3.76. The lowest BCUT2D eigenvalue weighted by Crippen LogP contribution is -2.26. The molecule has 3 aromatic rings. The van der Waals surface area contributed by atoms with Crippen molar-refractivity contribution in [2.24, 2.45) is 5.73 Å². The molecule has 0 saturated heterocycles. The first-order chi connectivity index (χ1) is 14.0. The zero-order chi connectivity index (χ0) is 20.4. The van der Waals surface area contributed by atoms with E-state index >= 15 is 0 Å². The molecular weight excluding hydrogens is 373 g/mol. The second-order valence-electron chi connectivity index (χ2n) is 6.97. The molecule has 0 saturated carbocycles. The second kappa shape index (κ2) is 7.87. The summed E-state index contributed by atoms with van der Waals surface area (Å²) in [5.41, 5.74) is 8.52. The Kier molecular flexibility index (Phi) is 5.12. The van der Waals surface area contributed by atoms with Crippen molar-refractivity contribution in [2.45, 2.75) is 31.8 Å². The van der Waals surface area contributed by atoms with E-state index in [9.17, 15) is 14.0 Å². The van der Waals surface area contributed by atoms with E-state index in [0.29, 0.717) is 17.7 Å². The standard InChI is InChI=1S/C22H20FN3O3/c23-15-10-12-16(13-11-15)26-18-9-5-4-8-17(18)19(25-26)22(28)29-20(21(24)27)14-6-2-1-3-7-14/h1-3,6-7,10-13,20H,4-5,8-9H2,(H2,24,27). The quantitative estimate of drug-likeness (QED) is 0.674. The molecular formula is C22H20FN3O3. The largest absolute Gasteiger partial charge is 0.443 e. The number of halogens is 1. The summed E-state index contributed by atoms with van der Waals surface area (Å²) in [6.07, 6.45) is 2.15. The van der Waals surface area contributed by atoms with Crippen LogP contribution in [0.2, 0.25) is 0 Å². The Morgan fingerprint density at radius 1 is 1.03 bits per heavy atom. The molecule has 7 heteroatoms. The normalized spacial score (nSPS) is 14.1. The van der Waals surface area contributed by atoms with Crippen LogP contribution in [0.25, 0.3) is 5.69 Å². The molecule has 2 aromatic carbocycles. The van der Waals surface area contributed by atoms with Crippen LogP contribution in [0.5, 0.6) is 0 Å². The Morgan fingerprint density at radius 2 is 1.72 bits per heavy atom. The highest BCUT2D eigenvalue weighted by atomic mass is 19.1. The molecule has 0 aliphatic heterocycles. The number of esters is 1. The summed E-state index contributed by atoms with van der Waals surface area (Å²) < 4.78 is 20.4. The molecule has 0 radical (unpaired) electrons. The zero-order valence-corrected chi connectivity index (χ0v) is 15.7. The molecule has 4 rings (SSSR count). The van der Waals surface area contributed by atoms with Gasteiger partial charge in [0.25, 0.3) is 5.91 Å². The van der Waals surface area contributed by atoms with E-state index in [1.807, 2.05) is 0 Å². The van der Waals surface area contributed by atoms with E-state index in [2.05, 4.69) is 5.10 Å². The molecule has 1 amide bonds. The predicted molar refractivity (Wildman–Crippen MR) is 104 cm³/mol. The van der Waals surface area contributed by atoms with Gasteiger partial charge >= 0.3 is 5.97 Å². The average molecular weight is 393 g/mol. The number of aromatic nitrogens is 2. The van der Waals surface area contributed by atoms with Gasteiger partial charge in [0.05, 0.1) is 5.69 Å². The van der Waals surface area contributed by atoms with Crippen LogP contribution in [0.1, 0.15) is 46.3 Å². The summed E-state index contributed by atoms with van der Waals surface area (Å²) in [5.74, 6) is -1.80. The van der Waals surface area contributed by atoms with Gasteiger partial charge in [0.1, 0.15) is 5.82 Å². The lowest BCUT2D eigenvalue weighted by atomic mass is 9.95. The maximum absolute atomic E-state index is 13.3. The number of carbonyl (C=O) groups excluding carboxylic acids is 2. The van der Waals surface area contributed by atoms with E-state index in [-0.39, 0.29) is 11.5 Å². The van der Waals surface area contributed by atoms with Crippen molar-refractivity contribution >= 4 is 11.9 Å². The van der Waals surface area contributed by atoms with Gasteiger partial charge in [0.15, 0.2) is 5.69 Å². The van der Waals surface area contributed by atoms with Gasteiger partial charge in [-0.2, -0.15) is 5.10 Å². The maximum atomic E-state index is 13.3. The Hall–Kier alpha value is -3.48. The van der Waals surface area contributed by atoms with E-state index in [1.165, 1.54) is 12.1 Å². The van der Waals surface area contributed by atoms with Gasteiger partial charge in [-0.1, -0.05) is 30.3 Å². The highest BCUT2D eigenvalue weighted by molar-refractivity contribution is 5.92. The number of nitrogens with zero attached hydrogens (tertiary/aromatic N) is 2. The lowest BCUT2D eigenvalue weighted by Gasteiger charge is -2.16. The first-order valence-electron chi connectivity index (χ1n) is 9.46. The van der Waals surface area contributed by atoms with E-state index < -0.39 is 18.0 Å². The van der Waals surface area contributed by atoms with Crippen LogP contribution in [-0.4, -0.2) is 21.7 Å². The number of hydrogen-bond acceptors (Lipinski definition) is 4. The Labute approximate surface area is 167 Å². The van der Waals surface area contributed by atoms with Gasteiger partial charge in [0.2, 0.25) is 6.10 Å². The topological polar surface area (TPSA) is 87.2 Å². The predicted octanol–water partition coefficient (Wildman–Crippen LogP) is 3.27. The molecule has 0 fully saturated rings. The van der Waals surface area contributed by atoms with Crippen molar-refractivity contribution in [1.82, 2.24) is 9.78 Å². The summed E-state index contributed by atoms with van der Waals surface area (Å²) in [6, 6.07) is 14.6. The van der Waals surface area contributed by atoms with Crippen molar-refractivity contribution in [1.29, 1.82) is 0 Å². The summed E-state index contributed by atoms with van der Waals surface area (Å²) in [7, 11) is 0. The minimum atomic E-state index is -1.20. The molecule has 29 heavy (non-hydrogen) atoms. The summed E-state index contributed by atoms with van der Waals surface area (Å²) in [4.78, 5) is 24.8. The fraction of sp³-hybridized carbons (Fsp3) is 0.227. The van der Waals surface area contributed by atoms with Gasteiger partial charge in [-0.3, -0.25) is 4.79 Å². The van der Waals surface area contributed by atoms with Crippen LogP contribution in [-0.2, 0) is 22.4 Å². The number of carbonyl (C=O) groups is 2. The molecule has 0 bridgehead atoms. The first-order valence-corrected chi connectivity index (χ1v) is 9.46. The third-order valence-electron chi connectivity index (χ3n) is 5.03. The smallest absolute Gasteiger partial charge is 0.360 e. The number of benzene rings is 2. The van der Waals surface area contributed by atoms with Crippen molar-refractivity contribution in [3.8, 4) is 5.69 Å². The number of ether oxygens (including phenoxy) is 1. The van der Waals surface area contributed by atoms with Crippen LogP contribution in [0, 0.1) is 5.82 Å². The van der Waals surface area contributed by atoms with Gasteiger partial charge in [0, 0.05) is 16.8 Å². The van der Waals surface area contributed by atoms with E-state index in [0.717, 1.165) is 30.5 Å². The summed E-state index contributed by atoms with van der Waals surface area (Å²) in [5, 5.41) is 4.47. The SMILES string of the molecule is NC(=O)C(OC(=O)c1nn(-c2ccc(F)cc2)c2c1CCCC2)c1ccccc1. The highest BCUT2D eigenvalue weighted by Gasteiger charge is 2.30. The fourth-order valence-corrected chi connectivity index (χ4v) is 3.64. The monoisotopic (exact) mass is 393 g/mol. The van der Waals surface area contributed by atoms with Gasteiger partial charge < -0.3 is 10.5 Å². The molecule has 1 aliphatic carbocycles. The van der Waals surface area contributed by atoms with Crippen LogP contribution in [0.4, 0.5) is 4.39 Å². The van der Waals surface area contributed by atoms with E-state index in [1.54, 1.807) is 47.1 Å². The van der Waals surface area contributed by atoms with Gasteiger partial charge in [-0.25, -0.2) is 13.9 Å². The fourth-order valence-electron chi connectivity index (χ4n) is 3.64. The number of fused-ring (bicyclic) bond motifs is 1. The van der Waals surface area contributed by atoms with Crippen molar-refractivity contribution in [3.63, 3.8) is 0 Å². The van der Waals surface area contributed by atoms with Gasteiger partial charge in [-0.15, -0.1) is 0 Å². The average Bonchev–Trinajstić information content (AvgIpc) is 3.13. The van der Waals surface area contributed by atoms with Crippen molar-refractivity contribution < 1.29 is 18.7 Å². The van der Waals surface area contributed by atoms with Crippen molar-refractivity contribution in [2.75, 3.05) is 0 Å². The first kappa shape index (κ1) is 18.9. The van der Waals surface area contributed by atoms with Crippen LogP contribution >= 0.6 is 0 Å². The van der Waals surface area contributed by atoms with Crippen LogP contribution in [0.15, 0.2) is 54.6 Å². The molecule has 148 valence electrons. The highest BCUT2D eigenvalue weighted by Crippen LogP contribution is 2.29. The maximum Gasteiger partial charge on any atom is 0.360 e. The number of hydrogen-bond donors (Lipinski definition) is 1. The zero-order valence-electron chi connectivity index (χ0n) is 15.7. The Bertz CT molecular complexity index is 1050. The molecule has 6 nitrogen and oxygen atoms in total. The molecule has 1 atom stereocenters. The lowest BCUT2D eigenvalue weighted by molar-refractivity contribution is -0.127. The second-order valence-corrected chi connectivity index (χ2v) is 6.97. The molecule has 0 spiro atoms. The third-order valence-corrected chi connectivity index (χ3v) is 5.03. The number of amides is 1. The molecule has 1 heterocycles. The summed E-state index contributed by atoms with van der Waals surface area (Å²) in [6.45, 7) is 0. The Morgan fingerprint density at radius 3 is 2.41 bits per heavy atom. The minimum absolute atomic E-state index is 0.172. The summed E-state index contributed by atoms with van der Waals surface area (Å²) >= 11 is 0. The number of rotatable bonds is 5. The van der Waals surface area contributed by atoms with Gasteiger partial charge in [-0.05, 0) is 49.9 Å². The molecule has 1 aliphatic rings.